The van der Waals surface area contributed by atoms with Gasteiger partial charge in [-0.15, -0.1) is 0 Å². The van der Waals surface area contributed by atoms with Crippen molar-refractivity contribution in [3.05, 3.63) is 52.2 Å². The number of aromatic nitrogens is 1. The molecule has 1 aliphatic rings. The third-order valence-corrected chi connectivity index (χ3v) is 5.62. The number of hydrogen-bond acceptors (Lipinski definition) is 7. The Morgan fingerprint density at radius 1 is 1.07 bits per heavy atom. The second-order valence-electron chi connectivity index (χ2n) is 6.68. The van der Waals surface area contributed by atoms with Gasteiger partial charge in [0.25, 0.3) is 5.69 Å². The molecule has 30 heavy (non-hydrogen) atoms. The third kappa shape index (κ3) is 4.79. The minimum absolute atomic E-state index is 0.245. The van der Waals surface area contributed by atoms with Crippen molar-refractivity contribution in [1.82, 2.24) is 4.98 Å². The number of nitro benzene ring substituents is 1. The molecule has 0 unspecified atom stereocenters. The Kier molecular flexibility index (Phi) is 5.85. The summed E-state index contributed by atoms with van der Waals surface area (Å²) >= 11 is 0. The summed E-state index contributed by atoms with van der Waals surface area (Å²) in [7, 11) is -4.09. The summed E-state index contributed by atoms with van der Waals surface area (Å²) in [4.78, 5) is 17.8. The summed E-state index contributed by atoms with van der Waals surface area (Å²) < 4.78 is 61.1. The molecule has 9 nitrogen and oxygen atoms in total. The van der Waals surface area contributed by atoms with Gasteiger partial charge < -0.3 is 9.80 Å². The van der Waals surface area contributed by atoms with Gasteiger partial charge in [0.05, 0.1) is 15.4 Å². The van der Waals surface area contributed by atoms with Crippen molar-refractivity contribution in [3.63, 3.8) is 0 Å². The molecule has 1 aromatic heterocycles. The van der Waals surface area contributed by atoms with E-state index in [0.717, 1.165) is 18.3 Å². The maximum Gasteiger partial charge on any atom is 0.417 e. The number of nitrogens with zero attached hydrogens (tertiary/aromatic N) is 4. The summed E-state index contributed by atoms with van der Waals surface area (Å²) in [6, 6.07) is 5.72. The Hall–Kier alpha value is -2.93. The second-order valence-corrected chi connectivity index (χ2v) is 8.24. The van der Waals surface area contributed by atoms with Crippen LogP contribution in [0, 0.1) is 10.1 Å². The smallest absolute Gasteiger partial charge is 0.364 e. The van der Waals surface area contributed by atoms with E-state index in [9.17, 15) is 31.7 Å². The second kappa shape index (κ2) is 8.07. The summed E-state index contributed by atoms with van der Waals surface area (Å²) in [6.45, 7) is 1.63. The predicted molar refractivity (Wildman–Crippen MR) is 103 cm³/mol. The van der Waals surface area contributed by atoms with Crippen LogP contribution in [0.4, 0.5) is 30.4 Å². The van der Waals surface area contributed by atoms with Crippen molar-refractivity contribution in [2.45, 2.75) is 17.5 Å². The van der Waals surface area contributed by atoms with E-state index in [-0.39, 0.29) is 16.3 Å². The minimum Gasteiger partial charge on any atom is -0.364 e. The molecular formula is C17H18F3N5O4S. The number of anilines is 2. The first-order chi connectivity index (χ1) is 14.0. The van der Waals surface area contributed by atoms with Crippen LogP contribution in [-0.4, -0.2) is 44.5 Å². The van der Waals surface area contributed by atoms with Gasteiger partial charge in [-0.05, 0) is 30.7 Å². The molecule has 0 radical (unpaired) electrons. The van der Waals surface area contributed by atoms with Gasteiger partial charge in [-0.2, -0.15) is 13.2 Å². The molecule has 1 aromatic carbocycles. The number of nitro groups is 1. The molecule has 0 amide bonds. The highest BCUT2D eigenvalue weighted by Gasteiger charge is 2.31. The molecule has 3 rings (SSSR count). The van der Waals surface area contributed by atoms with E-state index in [1.54, 1.807) is 9.80 Å². The molecule has 0 bridgehead atoms. The quantitative estimate of drug-likeness (QED) is 0.566. The van der Waals surface area contributed by atoms with Gasteiger partial charge in [0.2, 0.25) is 10.0 Å². The van der Waals surface area contributed by atoms with Crippen LogP contribution in [0.5, 0.6) is 0 Å². The molecule has 0 atom stereocenters. The molecule has 162 valence electrons. The summed E-state index contributed by atoms with van der Waals surface area (Å²) in [6.07, 6.45) is -3.13. The zero-order valence-corrected chi connectivity index (χ0v) is 16.4. The average Bonchev–Trinajstić information content (AvgIpc) is 2.92. The monoisotopic (exact) mass is 445 g/mol. The van der Waals surface area contributed by atoms with Gasteiger partial charge in [-0.3, -0.25) is 10.1 Å². The molecule has 1 saturated heterocycles. The van der Waals surface area contributed by atoms with Gasteiger partial charge in [0.1, 0.15) is 11.5 Å². The van der Waals surface area contributed by atoms with Gasteiger partial charge >= 0.3 is 6.18 Å². The molecule has 2 aromatic rings. The molecule has 0 saturated carbocycles. The number of primary sulfonamides is 1. The van der Waals surface area contributed by atoms with Crippen molar-refractivity contribution in [2.24, 2.45) is 5.14 Å². The molecule has 2 heterocycles. The largest absolute Gasteiger partial charge is 0.417 e. The zero-order valence-electron chi connectivity index (χ0n) is 15.5. The molecule has 0 spiro atoms. The van der Waals surface area contributed by atoms with E-state index in [1.165, 1.54) is 18.2 Å². The number of hydrogen-bond donors (Lipinski definition) is 1. The van der Waals surface area contributed by atoms with Crippen LogP contribution >= 0.6 is 0 Å². The highest BCUT2D eigenvalue weighted by molar-refractivity contribution is 7.89. The van der Waals surface area contributed by atoms with Crippen molar-refractivity contribution in [3.8, 4) is 0 Å². The topological polar surface area (TPSA) is 123 Å². The van der Waals surface area contributed by atoms with E-state index in [0.29, 0.717) is 38.4 Å². The van der Waals surface area contributed by atoms with Crippen LogP contribution in [-0.2, 0) is 16.2 Å². The van der Waals surface area contributed by atoms with Crippen molar-refractivity contribution in [2.75, 3.05) is 36.0 Å². The van der Waals surface area contributed by atoms with Crippen LogP contribution < -0.4 is 14.9 Å². The lowest BCUT2D eigenvalue weighted by molar-refractivity contribution is -0.384. The van der Waals surface area contributed by atoms with Gasteiger partial charge in [-0.1, -0.05) is 0 Å². The molecule has 2 N–H and O–H groups in total. The Bertz CT molecular complexity index is 1040. The Balaban J connectivity index is 1.81. The number of halogens is 3. The van der Waals surface area contributed by atoms with Crippen LogP contribution in [0.15, 0.2) is 41.4 Å². The maximum atomic E-state index is 12.7. The third-order valence-electron chi connectivity index (χ3n) is 4.71. The lowest BCUT2D eigenvalue weighted by atomic mass is 10.2. The van der Waals surface area contributed by atoms with Crippen LogP contribution in [0.25, 0.3) is 0 Å². The molecule has 13 heteroatoms. The fourth-order valence-electron chi connectivity index (χ4n) is 3.22. The SMILES string of the molecule is NS(=O)(=O)c1ccc(N2CCCN(c3ccc(C(F)(F)F)cn3)CC2)c([N+](=O)[O-])c1. The van der Waals surface area contributed by atoms with Gasteiger partial charge in [0.15, 0.2) is 0 Å². The maximum absolute atomic E-state index is 12.7. The van der Waals surface area contributed by atoms with E-state index in [2.05, 4.69) is 4.98 Å². The number of nitrogens with two attached hydrogens (primary N) is 1. The van der Waals surface area contributed by atoms with Crippen LogP contribution in [0.3, 0.4) is 0 Å². The van der Waals surface area contributed by atoms with E-state index in [4.69, 9.17) is 5.14 Å². The Morgan fingerprint density at radius 2 is 1.73 bits per heavy atom. The van der Waals surface area contributed by atoms with Gasteiger partial charge in [-0.25, -0.2) is 18.5 Å². The fraction of sp³-hybridized carbons (Fsp3) is 0.353. The highest BCUT2D eigenvalue weighted by Crippen LogP contribution is 2.32. The van der Waals surface area contributed by atoms with E-state index >= 15 is 0 Å². The molecule has 1 aliphatic heterocycles. The van der Waals surface area contributed by atoms with E-state index < -0.39 is 26.7 Å². The number of benzene rings is 1. The molecule has 0 aliphatic carbocycles. The zero-order chi connectivity index (χ0) is 22.1. The Labute approximate surface area is 170 Å². The Morgan fingerprint density at radius 3 is 2.30 bits per heavy atom. The van der Waals surface area contributed by atoms with Crippen molar-refractivity contribution in [1.29, 1.82) is 0 Å². The minimum atomic E-state index is -4.47. The summed E-state index contributed by atoms with van der Waals surface area (Å²) in [5.41, 5.74) is -0.981. The number of sulfonamides is 1. The first kappa shape index (κ1) is 21.8. The lowest BCUT2D eigenvalue weighted by Crippen LogP contribution is -2.31. The fourth-order valence-corrected chi connectivity index (χ4v) is 3.76. The number of alkyl halides is 3. The van der Waals surface area contributed by atoms with Crippen molar-refractivity contribution < 1.29 is 26.5 Å². The normalized spacial score (nSPS) is 15.7. The molecule has 1 fully saturated rings. The summed E-state index contributed by atoms with van der Waals surface area (Å²) in [5.74, 6) is 0.379. The number of pyridine rings is 1. The predicted octanol–water partition coefficient (Wildman–Crippen LogP) is 2.37. The summed E-state index contributed by atoms with van der Waals surface area (Å²) in [5, 5.41) is 16.5. The first-order valence-electron chi connectivity index (χ1n) is 8.81. The van der Waals surface area contributed by atoms with E-state index in [1.807, 2.05) is 0 Å². The highest BCUT2D eigenvalue weighted by atomic mass is 32.2. The first-order valence-corrected chi connectivity index (χ1v) is 10.4. The van der Waals surface area contributed by atoms with Crippen LogP contribution in [0.1, 0.15) is 12.0 Å². The standard InChI is InChI=1S/C17H18F3N5O4S/c18-17(19,20)12-2-5-16(22-11-12)24-7-1-6-23(8-9-24)14-4-3-13(30(21,28)29)10-15(14)25(26)27/h2-5,10-11H,1,6-9H2,(H2,21,28,29). The molecular weight excluding hydrogens is 427 g/mol. The van der Waals surface area contributed by atoms with Crippen molar-refractivity contribution >= 4 is 27.2 Å². The number of rotatable bonds is 4. The van der Waals surface area contributed by atoms with Gasteiger partial charge in [0, 0.05) is 38.4 Å². The average molecular weight is 445 g/mol. The lowest BCUT2D eigenvalue weighted by Gasteiger charge is -2.24. The van der Waals surface area contributed by atoms with Crippen LogP contribution in [0.2, 0.25) is 0 Å².